The van der Waals surface area contributed by atoms with Crippen LogP contribution >= 0.6 is 11.6 Å². The number of methoxy groups -OCH3 is 1. The lowest BCUT2D eigenvalue weighted by Crippen LogP contribution is -2.29. The normalized spacial score (nSPS) is 12.8. The molecule has 1 unspecified atom stereocenters. The molecule has 1 aromatic rings. The second kappa shape index (κ2) is 9.03. The third-order valence-corrected chi connectivity index (χ3v) is 3.62. The number of carbonyl (C=O) groups excluding carboxylic acids is 2. The van der Waals surface area contributed by atoms with Crippen LogP contribution in [0.25, 0.3) is 0 Å². The molecule has 1 atom stereocenters. The van der Waals surface area contributed by atoms with Crippen LogP contribution in [-0.4, -0.2) is 32.1 Å². The lowest BCUT2D eigenvalue weighted by molar-refractivity contribution is -0.151. The van der Waals surface area contributed by atoms with Crippen molar-refractivity contribution < 1.29 is 32.2 Å². The van der Waals surface area contributed by atoms with E-state index < -0.39 is 34.4 Å². The molecular weight excluding hydrogens is 349 g/mol. The lowest BCUT2D eigenvalue weighted by atomic mass is 9.93. The van der Waals surface area contributed by atoms with Crippen molar-refractivity contribution in [3.05, 3.63) is 34.3 Å². The van der Waals surface area contributed by atoms with Gasteiger partial charge in [-0.05, 0) is 31.0 Å². The molecule has 134 valence electrons. The monoisotopic (exact) mass is 366 g/mol. The Bertz CT molecular complexity index is 587. The van der Waals surface area contributed by atoms with Crippen molar-refractivity contribution in [2.45, 2.75) is 25.9 Å². The summed E-state index contributed by atoms with van der Waals surface area (Å²) in [5.41, 5.74) is -0.829. The summed E-state index contributed by atoms with van der Waals surface area (Å²) in [5.74, 6) is -2.39. The Balaban J connectivity index is 3.05. The summed E-state index contributed by atoms with van der Waals surface area (Å²) in [6, 6.07) is 3.30. The molecule has 24 heavy (non-hydrogen) atoms. The van der Waals surface area contributed by atoms with Crippen LogP contribution in [0.5, 0.6) is 0 Å². The Kier molecular flexibility index (Phi) is 7.69. The lowest BCUT2D eigenvalue weighted by Gasteiger charge is -2.16. The van der Waals surface area contributed by atoms with E-state index in [2.05, 4.69) is 0 Å². The fraction of sp³-hybridized carbons (Fsp3) is 0.500. The molecule has 0 saturated heterocycles. The number of hydrogen-bond donors (Lipinski definition) is 0. The standard InChI is InChI=1S/C16H18ClF3O4/c1-3-24-15(22)11(14(21)6-7-23-2)8-10-4-5-13(17)12(9-10)16(18,19)20/h4-5,9,11H,3,6-8H2,1-2H3. The fourth-order valence-corrected chi connectivity index (χ4v) is 2.33. The van der Waals surface area contributed by atoms with Gasteiger partial charge in [0.2, 0.25) is 0 Å². The van der Waals surface area contributed by atoms with Gasteiger partial charge in [0.15, 0.2) is 0 Å². The first-order chi connectivity index (χ1) is 11.2. The zero-order valence-corrected chi connectivity index (χ0v) is 14.0. The zero-order valence-electron chi connectivity index (χ0n) is 13.3. The number of esters is 1. The Hall–Kier alpha value is -1.60. The van der Waals surface area contributed by atoms with Gasteiger partial charge in [-0.1, -0.05) is 17.7 Å². The Morgan fingerprint density at radius 3 is 2.50 bits per heavy atom. The molecule has 0 aliphatic rings. The van der Waals surface area contributed by atoms with Crippen LogP contribution < -0.4 is 0 Å². The molecule has 0 radical (unpaired) electrons. The summed E-state index contributed by atoms with van der Waals surface area (Å²) < 4.78 is 48.4. The summed E-state index contributed by atoms with van der Waals surface area (Å²) >= 11 is 5.57. The number of alkyl halides is 3. The second-order valence-electron chi connectivity index (χ2n) is 5.03. The quantitative estimate of drug-likeness (QED) is 0.520. The van der Waals surface area contributed by atoms with Crippen LogP contribution in [0, 0.1) is 5.92 Å². The highest BCUT2D eigenvalue weighted by atomic mass is 35.5. The summed E-state index contributed by atoms with van der Waals surface area (Å²) in [7, 11) is 1.40. The van der Waals surface area contributed by atoms with Gasteiger partial charge in [-0.25, -0.2) is 0 Å². The van der Waals surface area contributed by atoms with Gasteiger partial charge in [-0.2, -0.15) is 13.2 Å². The topological polar surface area (TPSA) is 52.6 Å². The maximum absolute atomic E-state index is 12.9. The SMILES string of the molecule is CCOC(=O)C(Cc1ccc(Cl)c(C(F)(F)F)c1)C(=O)CCOC. The zero-order chi connectivity index (χ0) is 18.3. The van der Waals surface area contributed by atoms with Crippen LogP contribution in [-0.2, 0) is 31.7 Å². The number of Topliss-reactive ketones (excluding diaryl/α,β-unsaturated/α-hetero) is 1. The minimum atomic E-state index is -4.62. The molecule has 4 nitrogen and oxygen atoms in total. The highest BCUT2D eigenvalue weighted by Gasteiger charge is 2.34. The van der Waals surface area contributed by atoms with Gasteiger partial charge in [0.25, 0.3) is 0 Å². The molecule has 0 saturated carbocycles. The molecule has 0 aromatic heterocycles. The number of ketones is 1. The summed E-state index contributed by atoms with van der Waals surface area (Å²) in [6.07, 6.45) is -4.84. The van der Waals surface area contributed by atoms with Crippen molar-refractivity contribution in [1.82, 2.24) is 0 Å². The molecule has 0 bridgehead atoms. The van der Waals surface area contributed by atoms with Crippen LogP contribution in [0.15, 0.2) is 18.2 Å². The van der Waals surface area contributed by atoms with E-state index in [0.717, 1.165) is 12.1 Å². The molecule has 0 fully saturated rings. The van der Waals surface area contributed by atoms with Crippen molar-refractivity contribution in [1.29, 1.82) is 0 Å². The van der Waals surface area contributed by atoms with Crippen LogP contribution in [0.3, 0.4) is 0 Å². The van der Waals surface area contributed by atoms with E-state index >= 15 is 0 Å². The Labute approximate surface area is 142 Å². The Morgan fingerprint density at radius 1 is 1.29 bits per heavy atom. The number of halogens is 4. The highest BCUT2D eigenvalue weighted by molar-refractivity contribution is 6.31. The average Bonchev–Trinajstić information content (AvgIpc) is 2.50. The molecule has 0 aliphatic heterocycles. The highest BCUT2D eigenvalue weighted by Crippen LogP contribution is 2.35. The molecule has 0 heterocycles. The maximum atomic E-state index is 12.9. The first-order valence-corrected chi connectivity index (χ1v) is 7.62. The van der Waals surface area contributed by atoms with Crippen LogP contribution in [0.2, 0.25) is 5.02 Å². The van der Waals surface area contributed by atoms with E-state index in [0.29, 0.717) is 0 Å². The number of rotatable bonds is 8. The molecule has 1 rings (SSSR count). The van der Waals surface area contributed by atoms with E-state index in [4.69, 9.17) is 21.1 Å². The summed E-state index contributed by atoms with van der Waals surface area (Å²) in [4.78, 5) is 24.1. The van der Waals surface area contributed by atoms with Gasteiger partial charge in [-0.15, -0.1) is 0 Å². The largest absolute Gasteiger partial charge is 0.465 e. The first-order valence-electron chi connectivity index (χ1n) is 7.24. The third kappa shape index (κ3) is 5.79. The molecule has 0 aliphatic carbocycles. The molecular formula is C16H18ClF3O4. The van der Waals surface area contributed by atoms with E-state index in [1.165, 1.54) is 13.2 Å². The minimum absolute atomic E-state index is 0.0281. The number of carbonyl (C=O) groups is 2. The van der Waals surface area contributed by atoms with E-state index in [-0.39, 0.29) is 31.6 Å². The van der Waals surface area contributed by atoms with Gasteiger partial charge in [-0.3, -0.25) is 9.59 Å². The number of ether oxygens (including phenoxy) is 2. The Morgan fingerprint density at radius 2 is 1.96 bits per heavy atom. The summed E-state index contributed by atoms with van der Waals surface area (Å²) in [6.45, 7) is 1.77. The maximum Gasteiger partial charge on any atom is 0.417 e. The molecule has 0 amide bonds. The van der Waals surface area contributed by atoms with E-state index in [9.17, 15) is 22.8 Å². The van der Waals surface area contributed by atoms with E-state index in [1.54, 1.807) is 6.92 Å². The van der Waals surface area contributed by atoms with Gasteiger partial charge in [0.05, 0.1) is 23.8 Å². The van der Waals surface area contributed by atoms with E-state index in [1.807, 2.05) is 0 Å². The number of benzene rings is 1. The smallest absolute Gasteiger partial charge is 0.417 e. The van der Waals surface area contributed by atoms with Gasteiger partial charge in [0, 0.05) is 13.5 Å². The molecule has 1 aromatic carbocycles. The molecule has 0 N–H and O–H groups in total. The first kappa shape index (κ1) is 20.4. The van der Waals surface area contributed by atoms with Crippen LogP contribution in [0.4, 0.5) is 13.2 Å². The van der Waals surface area contributed by atoms with Crippen molar-refractivity contribution in [3.8, 4) is 0 Å². The molecule has 8 heteroatoms. The van der Waals surface area contributed by atoms with Crippen molar-refractivity contribution in [2.24, 2.45) is 5.92 Å². The fourth-order valence-electron chi connectivity index (χ4n) is 2.10. The van der Waals surface area contributed by atoms with Gasteiger partial charge < -0.3 is 9.47 Å². The molecule has 0 spiro atoms. The van der Waals surface area contributed by atoms with Crippen molar-refractivity contribution >= 4 is 23.4 Å². The minimum Gasteiger partial charge on any atom is -0.465 e. The predicted octanol–water partition coefficient (Wildman–Crippen LogP) is 3.69. The van der Waals surface area contributed by atoms with Gasteiger partial charge in [0.1, 0.15) is 11.7 Å². The summed E-state index contributed by atoms with van der Waals surface area (Å²) in [5, 5.41) is -0.440. The average molecular weight is 367 g/mol. The second-order valence-corrected chi connectivity index (χ2v) is 5.44. The van der Waals surface area contributed by atoms with Crippen LogP contribution in [0.1, 0.15) is 24.5 Å². The third-order valence-electron chi connectivity index (χ3n) is 3.29. The van der Waals surface area contributed by atoms with Gasteiger partial charge >= 0.3 is 12.1 Å². The van der Waals surface area contributed by atoms with Crippen molar-refractivity contribution in [3.63, 3.8) is 0 Å². The number of hydrogen-bond acceptors (Lipinski definition) is 4. The van der Waals surface area contributed by atoms with Crippen molar-refractivity contribution in [2.75, 3.05) is 20.3 Å². The predicted molar refractivity (Wildman–Crippen MR) is 81.8 cm³/mol.